The number of nitro benzene ring substituents is 1. The quantitative estimate of drug-likeness (QED) is 0.145. The predicted octanol–water partition coefficient (Wildman–Crippen LogP) is 5.24. The molecule has 182 valence electrons. The number of benzene rings is 3. The molecule has 10 heteroatoms. The molecule has 0 aliphatic heterocycles. The molecule has 0 saturated carbocycles. The third-order valence-corrected chi connectivity index (χ3v) is 6.23. The number of nitrogens with one attached hydrogen (secondary N) is 1. The van der Waals surface area contributed by atoms with Crippen molar-refractivity contribution in [2.75, 3.05) is 0 Å². The summed E-state index contributed by atoms with van der Waals surface area (Å²) in [7, 11) is 0. The van der Waals surface area contributed by atoms with Gasteiger partial charge in [0.15, 0.2) is 11.0 Å². The van der Waals surface area contributed by atoms with Gasteiger partial charge in [0.2, 0.25) is 5.91 Å². The number of nitrogens with zero attached hydrogens (tertiary/aromatic N) is 4. The van der Waals surface area contributed by atoms with Crippen molar-refractivity contribution in [1.29, 1.82) is 0 Å². The average molecular weight is 504 g/mol. The highest BCUT2D eigenvalue weighted by Crippen LogP contribution is 2.25. The summed E-state index contributed by atoms with van der Waals surface area (Å²) in [6.45, 7) is 2.14. The van der Waals surface area contributed by atoms with E-state index in [2.05, 4.69) is 15.5 Å². The fraction of sp³-hybridized carbons (Fsp3) is 0.115. The van der Waals surface area contributed by atoms with E-state index in [0.717, 1.165) is 16.8 Å². The highest BCUT2D eigenvalue weighted by atomic mass is 32.2. The van der Waals surface area contributed by atoms with Crippen LogP contribution in [0.3, 0.4) is 0 Å². The van der Waals surface area contributed by atoms with Crippen LogP contribution in [-0.2, 0) is 17.1 Å². The monoisotopic (exact) mass is 503 g/mol. The SMILES string of the molecule is Cc1ccc(-n2c(CNC(=O)/C=C/c3ccc([N+](=O)[O-])cc3)nnc2SCc2ccc(F)cc2)cc1. The van der Waals surface area contributed by atoms with Gasteiger partial charge in [0.25, 0.3) is 5.69 Å². The summed E-state index contributed by atoms with van der Waals surface area (Å²) < 4.78 is 15.1. The topological polar surface area (TPSA) is 103 Å². The Hall–Kier alpha value is -4.31. The maximum absolute atomic E-state index is 13.2. The van der Waals surface area contributed by atoms with Gasteiger partial charge >= 0.3 is 0 Å². The Kier molecular flexibility index (Phi) is 7.86. The number of aryl methyl sites for hydroxylation is 1. The molecule has 0 atom stereocenters. The maximum atomic E-state index is 13.2. The number of amides is 1. The summed E-state index contributed by atoms with van der Waals surface area (Å²) in [5.74, 6) is 0.506. The Morgan fingerprint density at radius 3 is 2.42 bits per heavy atom. The lowest BCUT2D eigenvalue weighted by molar-refractivity contribution is -0.384. The van der Waals surface area contributed by atoms with Crippen LogP contribution in [-0.4, -0.2) is 25.6 Å². The second-order valence-electron chi connectivity index (χ2n) is 7.88. The van der Waals surface area contributed by atoms with Crippen LogP contribution in [0.4, 0.5) is 10.1 Å². The molecule has 36 heavy (non-hydrogen) atoms. The van der Waals surface area contributed by atoms with Crippen LogP contribution in [0, 0.1) is 22.9 Å². The molecule has 0 bridgehead atoms. The molecule has 0 saturated heterocycles. The van der Waals surface area contributed by atoms with Crippen LogP contribution in [0.1, 0.15) is 22.5 Å². The van der Waals surface area contributed by atoms with Crippen molar-refractivity contribution in [3.05, 3.63) is 117 Å². The van der Waals surface area contributed by atoms with Crippen molar-refractivity contribution < 1.29 is 14.1 Å². The Morgan fingerprint density at radius 1 is 1.06 bits per heavy atom. The van der Waals surface area contributed by atoms with Gasteiger partial charge in [-0.15, -0.1) is 10.2 Å². The number of hydrogen-bond donors (Lipinski definition) is 1. The number of carbonyl (C=O) groups is 1. The van der Waals surface area contributed by atoms with E-state index in [4.69, 9.17) is 0 Å². The smallest absolute Gasteiger partial charge is 0.269 e. The predicted molar refractivity (Wildman–Crippen MR) is 136 cm³/mol. The zero-order valence-corrected chi connectivity index (χ0v) is 20.1. The highest BCUT2D eigenvalue weighted by Gasteiger charge is 2.15. The lowest BCUT2D eigenvalue weighted by Gasteiger charge is -2.11. The molecule has 8 nitrogen and oxygen atoms in total. The third kappa shape index (κ3) is 6.42. The number of nitro groups is 1. The second-order valence-corrected chi connectivity index (χ2v) is 8.83. The van der Waals surface area contributed by atoms with Gasteiger partial charge in [-0.25, -0.2) is 4.39 Å². The highest BCUT2D eigenvalue weighted by molar-refractivity contribution is 7.98. The lowest BCUT2D eigenvalue weighted by Crippen LogP contribution is -2.22. The first kappa shape index (κ1) is 24.8. The Bertz CT molecular complexity index is 1380. The molecule has 1 heterocycles. The van der Waals surface area contributed by atoms with Crippen LogP contribution < -0.4 is 5.32 Å². The van der Waals surface area contributed by atoms with E-state index in [0.29, 0.717) is 22.3 Å². The van der Waals surface area contributed by atoms with E-state index in [1.807, 2.05) is 35.8 Å². The van der Waals surface area contributed by atoms with Crippen molar-refractivity contribution in [1.82, 2.24) is 20.1 Å². The minimum absolute atomic E-state index is 0.0138. The van der Waals surface area contributed by atoms with E-state index in [-0.39, 0.29) is 24.0 Å². The summed E-state index contributed by atoms with van der Waals surface area (Å²) in [6.07, 6.45) is 2.94. The molecular weight excluding hydrogens is 481 g/mol. The van der Waals surface area contributed by atoms with Crippen molar-refractivity contribution in [2.24, 2.45) is 0 Å². The summed E-state index contributed by atoms with van der Waals surface area (Å²) in [6, 6.07) is 20.1. The summed E-state index contributed by atoms with van der Waals surface area (Å²) in [5, 5.41) is 22.8. The number of hydrogen-bond acceptors (Lipinski definition) is 6. The van der Waals surface area contributed by atoms with Gasteiger partial charge in [-0.1, -0.05) is 41.6 Å². The van der Waals surface area contributed by atoms with Gasteiger partial charge in [0, 0.05) is 29.6 Å². The van der Waals surface area contributed by atoms with E-state index in [1.54, 1.807) is 30.3 Å². The van der Waals surface area contributed by atoms with Gasteiger partial charge in [-0.3, -0.25) is 19.5 Å². The largest absolute Gasteiger partial charge is 0.345 e. The zero-order chi connectivity index (χ0) is 25.5. The molecule has 0 fully saturated rings. The fourth-order valence-electron chi connectivity index (χ4n) is 3.29. The molecule has 0 aliphatic rings. The molecule has 4 aromatic rings. The van der Waals surface area contributed by atoms with Crippen molar-refractivity contribution in [3.8, 4) is 5.69 Å². The van der Waals surface area contributed by atoms with E-state index in [1.165, 1.54) is 42.1 Å². The molecule has 0 spiro atoms. The second kappa shape index (κ2) is 11.4. The van der Waals surface area contributed by atoms with Crippen molar-refractivity contribution in [3.63, 3.8) is 0 Å². The zero-order valence-electron chi connectivity index (χ0n) is 19.3. The van der Waals surface area contributed by atoms with E-state index in [9.17, 15) is 19.3 Å². The van der Waals surface area contributed by atoms with Gasteiger partial charge in [0.05, 0.1) is 11.5 Å². The van der Waals surface area contributed by atoms with Gasteiger partial charge < -0.3 is 5.32 Å². The van der Waals surface area contributed by atoms with Gasteiger partial charge in [-0.2, -0.15) is 0 Å². The number of thioether (sulfide) groups is 1. The number of rotatable bonds is 9. The van der Waals surface area contributed by atoms with E-state index < -0.39 is 4.92 Å². The maximum Gasteiger partial charge on any atom is 0.269 e. The van der Waals surface area contributed by atoms with Gasteiger partial charge in [-0.05, 0) is 60.5 Å². The molecule has 0 radical (unpaired) electrons. The number of non-ortho nitro benzene ring substituents is 1. The van der Waals surface area contributed by atoms with Crippen molar-refractivity contribution >= 4 is 29.4 Å². The number of halogens is 1. The normalized spacial score (nSPS) is 11.1. The van der Waals surface area contributed by atoms with Crippen LogP contribution in [0.15, 0.2) is 84.0 Å². The first-order valence-electron chi connectivity index (χ1n) is 11.0. The van der Waals surface area contributed by atoms with Crippen LogP contribution in [0.25, 0.3) is 11.8 Å². The Morgan fingerprint density at radius 2 is 1.75 bits per heavy atom. The third-order valence-electron chi connectivity index (χ3n) is 5.23. The lowest BCUT2D eigenvalue weighted by atomic mass is 10.2. The Balaban J connectivity index is 1.47. The minimum atomic E-state index is -0.476. The average Bonchev–Trinajstić information content (AvgIpc) is 3.29. The molecule has 1 N–H and O–H groups in total. The summed E-state index contributed by atoms with van der Waals surface area (Å²) >= 11 is 1.46. The molecule has 1 aromatic heterocycles. The molecule has 4 rings (SSSR count). The van der Waals surface area contributed by atoms with Crippen molar-refractivity contribution in [2.45, 2.75) is 24.4 Å². The van der Waals surface area contributed by atoms with Crippen LogP contribution >= 0.6 is 11.8 Å². The number of carbonyl (C=O) groups excluding carboxylic acids is 1. The van der Waals surface area contributed by atoms with E-state index >= 15 is 0 Å². The summed E-state index contributed by atoms with van der Waals surface area (Å²) in [5.41, 5.74) is 3.57. The molecule has 0 aliphatic carbocycles. The summed E-state index contributed by atoms with van der Waals surface area (Å²) in [4.78, 5) is 22.7. The molecular formula is C26H22FN5O3S. The fourth-order valence-corrected chi connectivity index (χ4v) is 4.22. The van der Waals surface area contributed by atoms with Crippen LogP contribution in [0.5, 0.6) is 0 Å². The molecule has 0 unspecified atom stereocenters. The number of aromatic nitrogens is 3. The minimum Gasteiger partial charge on any atom is -0.345 e. The molecule has 3 aromatic carbocycles. The first-order valence-corrected chi connectivity index (χ1v) is 12.0. The van der Waals surface area contributed by atoms with Gasteiger partial charge in [0.1, 0.15) is 5.82 Å². The molecule has 1 amide bonds. The standard InChI is InChI=1S/C26H22FN5O3S/c1-18-2-11-22(12-3-18)31-24(29-30-26(31)36-17-20-4-9-21(27)10-5-20)16-28-25(33)15-8-19-6-13-23(14-7-19)32(34)35/h2-15H,16-17H2,1H3,(H,28,33)/b15-8+. The first-order chi connectivity index (χ1) is 17.4. The van der Waals surface area contributed by atoms with Crippen LogP contribution in [0.2, 0.25) is 0 Å². The Labute approximate surface area is 211 Å².